The molecule has 0 aliphatic rings. The molecule has 0 spiro atoms. The van der Waals surface area contributed by atoms with Crippen LogP contribution in [-0.2, 0) is 0 Å². The third-order valence-electron chi connectivity index (χ3n) is 2.39. The van der Waals surface area contributed by atoms with Crippen molar-refractivity contribution in [2.75, 3.05) is 11.1 Å². The van der Waals surface area contributed by atoms with Crippen molar-refractivity contribution in [3.8, 4) is 0 Å². The topological polar surface area (TPSA) is 76.7 Å². The van der Waals surface area contributed by atoms with Gasteiger partial charge in [0.25, 0.3) is 0 Å². The van der Waals surface area contributed by atoms with E-state index < -0.39 is 0 Å². The standard InChI is InChI=1S/C11H14ClN5S/c1-2-4-7(8-5-3-6-18-8)14-11-16-9(12)15-10(13)17-11/h3,5-7H,2,4H2,1H3,(H3,13,14,15,16,17). The van der Waals surface area contributed by atoms with Crippen molar-refractivity contribution < 1.29 is 0 Å². The molecule has 0 aliphatic heterocycles. The first-order valence-corrected chi connectivity index (χ1v) is 6.91. The Balaban J connectivity index is 2.18. The molecule has 0 fully saturated rings. The van der Waals surface area contributed by atoms with Gasteiger partial charge in [0.2, 0.25) is 17.2 Å². The Morgan fingerprint density at radius 3 is 2.89 bits per heavy atom. The second-order valence-corrected chi connectivity index (χ2v) is 5.10. The molecule has 0 aromatic carbocycles. The molecule has 0 bridgehead atoms. The number of hydrogen-bond donors (Lipinski definition) is 2. The summed E-state index contributed by atoms with van der Waals surface area (Å²) in [7, 11) is 0. The van der Waals surface area contributed by atoms with Crippen molar-refractivity contribution >= 4 is 34.8 Å². The van der Waals surface area contributed by atoms with Gasteiger partial charge in [-0.05, 0) is 29.5 Å². The van der Waals surface area contributed by atoms with Crippen LogP contribution in [0, 0.1) is 0 Å². The Labute approximate surface area is 114 Å². The van der Waals surface area contributed by atoms with Crippen LogP contribution in [0.25, 0.3) is 0 Å². The SMILES string of the molecule is CCCC(Nc1nc(N)nc(Cl)n1)c1cccs1. The van der Waals surface area contributed by atoms with E-state index in [0.717, 1.165) is 12.8 Å². The minimum atomic E-state index is 0.103. The number of anilines is 2. The molecule has 0 saturated carbocycles. The summed E-state index contributed by atoms with van der Waals surface area (Å²) in [5.74, 6) is 0.540. The molecule has 2 heterocycles. The van der Waals surface area contributed by atoms with E-state index in [1.807, 2.05) is 6.07 Å². The number of thiophene rings is 1. The van der Waals surface area contributed by atoms with Gasteiger partial charge in [-0.15, -0.1) is 11.3 Å². The summed E-state index contributed by atoms with van der Waals surface area (Å²) >= 11 is 7.46. The average Bonchev–Trinajstić information content (AvgIpc) is 2.80. The first kappa shape index (κ1) is 13.0. The highest BCUT2D eigenvalue weighted by molar-refractivity contribution is 7.10. The van der Waals surface area contributed by atoms with E-state index in [1.54, 1.807) is 11.3 Å². The maximum atomic E-state index is 5.76. The molecule has 2 aromatic heterocycles. The number of halogens is 1. The largest absolute Gasteiger partial charge is 0.368 e. The van der Waals surface area contributed by atoms with Crippen LogP contribution in [0.4, 0.5) is 11.9 Å². The number of nitrogens with one attached hydrogen (secondary N) is 1. The first-order chi connectivity index (χ1) is 8.69. The molecule has 0 amide bonds. The molecule has 2 rings (SSSR count). The van der Waals surface area contributed by atoms with Gasteiger partial charge >= 0.3 is 0 Å². The molecule has 2 aromatic rings. The lowest BCUT2D eigenvalue weighted by Crippen LogP contribution is -2.13. The van der Waals surface area contributed by atoms with Crippen LogP contribution in [-0.4, -0.2) is 15.0 Å². The Morgan fingerprint density at radius 1 is 1.44 bits per heavy atom. The van der Waals surface area contributed by atoms with Gasteiger partial charge in [-0.3, -0.25) is 0 Å². The van der Waals surface area contributed by atoms with E-state index in [4.69, 9.17) is 17.3 Å². The molecular weight excluding hydrogens is 270 g/mol. The maximum Gasteiger partial charge on any atom is 0.229 e. The van der Waals surface area contributed by atoms with Crippen molar-refractivity contribution in [2.45, 2.75) is 25.8 Å². The minimum Gasteiger partial charge on any atom is -0.368 e. The van der Waals surface area contributed by atoms with E-state index >= 15 is 0 Å². The van der Waals surface area contributed by atoms with E-state index in [-0.39, 0.29) is 17.3 Å². The number of hydrogen-bond acceptors (Lipinski definition) is 6. The molecule has 5 nitrogen and oxygen atoms in total. The van der Waals surface area contributed by atoms with Crippen LogP contribution >= 0.6 is 22.9 Å². The normalized spacial score (nSPS) is 12.3. The average molecular weight is 284 g/mol. The van der Waals surface area contributed by atoms with Crippen LogP contribution in [0.3, 0.4) is 0 Å². The second-order valence-electron chi connectivity index (χ2n) is 3.79. The molecule has 0 aliphatic carbocycles. The van der Waals surface area contributed by atoms with Crippen molar-refractivity contribution in [1.29, 1.82) is 0 Å². The summed E-state index contributed by atoms with van der Waals surface area (Å²) in [5.41, 5.74) is 5.54. The lowest BCUT2D eigenvalue weighted by molar-refractivity contribution is 0.680. The molecular formula is C11H14ClN5S. The Hall–Kier alpha value is -1.40. The molecule has 0 radical (unpaired) electrons. The molecule has 0 saturated heterocycles. The van der Waals surface area contributed by atoms with Crippen molar-refractivity contribution in [3.05, 3.63) is 27.7 Å². The highest BCUT2D eigenvalue weighted by Gasteiger charge is 2.13. The summed E-state index contributed by atoms with van der Waals surface area (Å²) < 4.78 is 0. The fraction of sp³-hybridized carbons (Fsp3) is 0.364. The zero-order valence-electron chi connectivity index (χ0n) is 9.93. The first-order valence-electron chi connectivity index (χ1n) is 5.66. The van der Waals surface area contributed by atoms with Gasteiger partial charge in [-0.1, -0.05) is 19.4 Å². The van der Waals surface area contributed by atoms with Crippen molar-refractivity contribution in [1.82, 2.24) is 15.0 Å². The van der Waals surface area contributed by atoms with Gasteiger partial charge in [0.15, 0.2) is 0 Å². The summed E-state index contributed by atoms with van der Waals surface area (Å²) in [6.07, 6.45) is 2.05. The number of nitrogen functional groups attached to an aromatic ring is 1. The van der Waals surface area contributed by atoms with Crippen molar-refractivity contribution in [3.63, 3.8) is 0 Å². The van der Waals surface area contributed by atoms with Crippen LogP contribution in [0.5, 0.6) is 0 Å². The lowest BCUT2D eigenvalue weighted by atomic mass is 10.1. The molecule has 1 unspecified atom stereocenters. The number of nitrogens with zero attached hydrogens (tertiary/aromatic N) is 3. The summed E-state index contributed by atoms with van der Waals surface area (Å²) in [6.45, 7) is 2.14. The summed E-state index contributed by atoms with van der Waals surface area (Å²) in [6, 6.07) is 4.29. The highest BCUT2D eigenvalue weighted by atomic mass is 35.5. The number of rotatable bonds is 5. The Morgan fingerprint density at radius 2 is 2.28 bits per heavy atom. The quantitative estimate of drug-likeness (QED) is 0.881. The molecule has 3 N–H and O–H groups in total. The third kappa shape index (κ3) is 3.30. The third-order valence-corrected chi connectivity index (χ3v) is 3.55. The molecule has 96 valence electrons. The van der Waals surface area contributed by atoms with Crippen LogP contribution in [0.15, 0.2) is 17.5 Å². The minimum absolute atomic E-state index is 0.103. The van der Waals surface area contributed by atoms with Crippen molar-refractivity contribution in [2.24, 2.45) is 0 Å². The van der Waals surface area contributed by atoms with Gasteiger partial charge in [-0.25, -0.2) is 0 Å². The Kier molecular flexibility index (Phi) is 4.33. The summed E-state index contributed by atoms with van der Waals surface area (Å²) in [4.78, 5) is 13.0. The van der Waals surface area contributed by atoms with E-state index in [1.165, 1.54) is 4.88 Å². The maximum absolute atomic E-state index is 5.76. The van der Waals surface area contributed by atoms with Gasteiger partial charge in [0.05, 0.1) is 6.04 Å². The number of nitrogens with two attached hydrogens (primary N) is 1. The second kappa shape index (κ2) is 5.97. The molecule has 7 heteroatoms. The van der Waals surface area contributed by atoms with E-state index in [2.05, 4.69) is 38.6 Å². The fourth-order valence-corrected chi connectivity index (χ4v) is 2.63. The lowest BCUT2D eigenvalue weighted by Gasteiger charge is -2.16. The predicted molar refractivity (Wildman–Crippen MR) is 74.8 cm³/mol. The molecule has 18 heavy (non-hydrogen) atoms. The highest BCUT2D eigenvalue weighted by Crippen LogP contribution is 2.26. The summed E-state index contributed by atoms with van der Waals surface area (Å²) in [5, 5.41) is 5.40. The van der Waals surface area contributed by atoms with Gasteiger partial charge in [0, 0.05) is 4.88 Å². The van der Waals surface area contributed by atoms with Gasteiger partial charge in [0.1, 0.15) is 0 Å². The van der Waals surface area contributed by atoms with Crippen LogP contribution in [0.2, 0.25) is 5.28 Å². The van der Waals surface area contributed by atoms with E-state index in [0.29, 0.717) is 5.95 Å². The van der Waals surface area contributed by atoms with Gasteiger partial charge < -0.3 is 11.1 Å². The Bertz CT molecular complexity index is 482. The zero-order valence-corrected chi connectivity index (χ0v) is 11.5. The van der Waals surface area contributed by atoms with Crippen LogP contribution in [0.1, 0.15) is 30.7 Å². The monoisotopic (exact) mass is 283 g/mol. The number of aromatic nitrogens is 3. The van der Waals surface area contributed by atoms with Gasteiger partial charge in [-0.2, -0.15) is 15.0 Å². The zero-order chi connectivity index (χ0) is 13.0. The van der Waals surface area contributed by atoms with E-state index in [9.17, 15) is 0 Å². The fourth-order valence-electron chi connectivity index (χ4n) is 1.65. The molecule has 1 atom stereocenters. The smallest absolute Gasteiger partial charge is 0.229 e. The van der Waals surface area contributed by atoms with Crippen LogP contribution < -0.4 is 11.1 Å². The predicted octanol–water partition coefficient (Wildman–Crippen LogP) is 3.12.